The number of hydrogen-bond donors (Lipinski definition) is 2. The minimum atomic E-state index is -0.974. The van der Waals surface area contributed by atoms with Gasteiger partial charge in [-0.1, -0.05) is 18.2 Å². The van der Waals surface area contributed by atoms with E-state index in [0.717, 1.165) is 11.1 Å². The van der Waals surface area contributed by atoms with Crippen LogP contribution in [0.3, 0.4) is 0 Å². The summed E-state index contributed by atoms with van der Waals surface area (Å²) in [6.45, 7) is 3.91. The first kappa shape index (κ1) is 14.1. The lowest BCUT2D eigenvalue weighted by atomic mass is 10.0. The third-order valence-corrected chi connectivity index (χ3v) is 3.27. The van der Waals surface area contributed by atoms with E-state index in [4.69, 9.17) is 0 Å². The summed E-state index contributed by atoms with van der Waals surface area (Å²) < 4.78 is 12.9. The molecule has 0 amide bonds. The number of halogens is 1. The third kappa shape index (κ3) is 3.15. The maximum atomic E-state index is 12.9. The fourth-order valence-corrected chi connectivity index (χ4v) is 1.94. The van der Waals surface area contributed by atoms with Crippen LogP contribution in [-0.2, 0) is 4.79 Å². The number of carboxylic acids is 1. The molecule has 0 spiro atoms. The van der Waals surface area contributed by atoms with Crippen molar-refractivity contribution in [1.82, 2.24) is 0 Å². The fourth-order valence-electron chi connectivity index (χ4n) is 1.94. The van der Waals surface area contributed by atoms with Crippen molar-refractivity contribution in [3.05, 3.63) is 65.0 Å². The first-order chi connectivity index (χ1) is 9.47. The number of hydrogen-bond acceptors (Lipinski definition) is 2. The molecule has 20 heavy (non-hydrogen) atoms. The molecule has 0 aliphatic heterocycles. The van der Waals surface area contributed by atoms with Gasteiger partial charge in [-0.3, -0.25) is 0 Å². The Bertz CT molecular complexity index is 623. The zero-order valence-electron chi connectivity index (χ0n) is 11.4. The van der Waals surface area contributed by atoms with E-state index in [9.17, 15) is 14.3 Å². The van der Waals surface area contributed by atoms with Crippen LogP contribution in [0.1, 0.15) is 22.7 Å². The monoisotopic (exact) mass is 273 g/mol. The molecule has 0 saturated carbocycles. The molecule has 0 bridgehead atoms. The van der Waals surface area contributed by atoms with Crippen molar-refractivity contribution < 1.29 is 14.3 Å². The molecule has 2 aromatic rings. The van der Waals surface area contributed by atoms with Crippen LogP contribution in [0.4, 0.5) is 10.1 Å². The maximum Gasteiger partial charge on any atom is 0.330 e. The highest BCUT2D eigenvalue weighted by Crippen LogP contribution is 2.22. The zero-order chi connectivity index (χ0) is 14.7. The number of anilines is 1. The molecular formula is C16H16FNO2. The fraction of sp³-hybridized carbons (Fsp3) is 0.188. The Morgan fingerprint density at radius 2 is 1.75 bits per heavy atom. The molecule has 2 N–H and O–H groups in total. The van der Waals surface area contributed by atoms with Gasteiger partial charge in [-0.25, -0.2) is 9.18 Å². The lowest BCUT2D eigenvalue weighted by molar-refractivity contribution is -0.138. The lowest BCUT2D eigenvalue weighted by Gasteiger charge is -2.17. The van der Waals surface area contributed by atoms with E-state index in [1.165, 1.54) is 24.3 Å². The van der Waals surface area contributed by atoms with E-state index in [2.05, 4.69) is 5.32 Å². The Labute approximate surface area is 117 Å². The summed E-state index contributed by atoms with van der Waals surface area (Å²) in [6, 6.07) is 10.3. The van der Waals surface area contributed by atoms with Crippen molar-refractivity contribution in [2.24, 2.45) is 0 Å². The van der Waals surface area contributed by atoms with Crippen molar-refractivity contribution in [3.63, 3.8) is 0 Å². The number of aryl methyl sites for hydroxylation is 2. The van der Waals surface area contributed by atoms with Crippen molar-refractivity contribution in [2.45, 2.75) is 19.9 Å². The normalized spacial score (nSPS) is 11.9. The van der Waals surface area contributed by atoms with Gasteiger partial charge in [-0.15, -0.1) is 0 Å². The topological polar surface area (TPSA) is 49.3 Å². The highest BCUT2D eigenvalue weighted by molar-refractivity contribution is 5.79. The van der Waals surface area contributed by atoms with E-state index in [1.807, 2.05) is 26.0 Å². The van der Waals surface area contributed by atoms with Crippen molar-refractivity contribution in [2.75, 3.05) is 5.32 Å². The summed E-state index contributed by atoms with van der Waals surface area (Å²) in [6.07, 6.45) is 0. The second-order valence-electron chi connectivity index (χ2n) is 4.77. The Morgan fingerprint density at radius 1 is 1.10 bits per heavy atom. The van der Waals surface area contributed by atoms with Crippen LogP contribution in [-0.4, -0.2) is 11.1 Å². The Morgan fingerprint density at radius 3 is 2.30 bits per heavy atom. The number of aliphatic carboxylic acids is 1. The molecule has 0 aliphatic carbocycles. The van der Waals surface area contributed by atoms with Crippen molar-refractivity contribution in [3.8, 4) is 0 Å². The van der Waals surface area contributed by atoms with Gasteiger partial charge in [0.25, 0.3) is 0 Å². The number of benzene rings is 2. The summed E-state index contributed by atoms with van der Waals surface area (Å²) in [7, 11) is 0. The van der Waals surface area contributed by atoms with E-state index < -0.39 is 12.0 Å². The lowest BCUT2D eigenvalue weighted by Crippen LogP contribution is -2.20. The largest absolute Gasteiger partial charge is 0.479 e. The van der Waals surface area contributed by atoms with Gasteiger partial charge < -0.3 is 10.4 Å². The average Bonchev–Trinajstić information content (AvgIpc) is 2.41. The predicted octanol–water partition coefficient (Wildman–Crippen LogP) is 3.68. The molecule has 2 aromatic carbocycles. The summed E-state index contributed by atoms with van der Waals surface area (Å²) in [4.78, 5) is 11.4. The number of carbonyl (C=O) groups is 1. The Balaban J connectivity index is 2.29. The number of rotatable bonds is 4. The first-order valence-electron chi connectivity index (χ1n) is 6.29. The molecule has 0 saturated heterocycles. The number of carboxylic acid groups (broad SMARTS) is 1. The second-order valence-corrected chi connectivity index (χ2v) is 4.77. The molecule has 4 heteroatoms. The summed E-state index contributed by atoms with van der Waals surface area (Å²) >= 11 is 0. The average molecular weight is 273 g/mol. The summed E-state index contributed by atoms with van der Waals surface area (Å²) in [5.41, 5.74) is 3.39. The van der Waals surface area contributed by atoms with Gasteiger partial charge >= 0.3 is 5.97 Å². The van der Waals surface area contributed by atoms with Gasteiger partial charge in [0.05, 0.1) is 0 Å². The quantitative estimate of drug-likeness (QED) is 0.893. The smallest absolute Gasteiger partial charge is 0.330 e. The van der Waals surface area contributed by atoms with E-state index >= 15 is 0 Å². The van der Waals surface area contributed by atoms with Gasteiger partial charge in [0.15, 0.2) is 6.04 Å². The van der Waals surface area contributed by atoms with Crippen LogP contribution in [0.25, 0.3) is 0 Å². The van der Waals surface area contributed by atoms with Gasteiger partial charge in [-0.05, 0) is 54.8 Å². The predicted molar refractivity (Wildman–Crippen MR) is 76.3 cm³/mol. The van der Waals surface area contributed by atoms with Crippen LogP contribution < -0.4 is 5.32 Å². The Kier molecular flexibility index (Phi) is 4.03. The van der Waals surface area contributed by atoms with Crippen LogP contribution in [0.2, 0.25) is 0 Å². The summed E-state index contributed by atoms with van der Waals surface area (Å²) in [5.74, 6) is -1.33. The SMILES string of the molecule is Cc1ccc(C(Nc2ccc(F)cc2)C(=O)O)cc1C. The van der Waals surface area contributed by atoms with Gasteiger partial charge in [0.2, 0.25) is 0 Å². The minimum absolute atomic E-state index is 0.353. The molecule has 104 valence electrons. The van der Waals surface area contributed by atoms with Crippen LogP contribution in [0, 0.1) is 19.7 Å². The van der Waals surface area contributed by atoms with Crippen molar-refractivity contribution in [1.29, 1.82) is 0 Å². The van der Waals surface area contributed by atoms with Crippen LogP contribution in [0.15, 0.2) is 42.5 Å². The summed E-state index contributed by atoms with van der Waals surface area (Å²) in [5, 5.41) is 12.3. The molecule has 0 fully saturated rings. The third-order valence-electron chi connectivity index (χ3n) is 3.27. The maximum absolute atomic E-state index is 12.9. The Hall–Kier alpha value is -2.36. The second kappa shape index (κ2) is 5.74. The molecule has 1 atom stereocenters. The molecule has 0 radical (unpaired) electrons. The van der Waals surface area contributed by atoms with E-state index in [1.54, 1.807) is 6.07 Å². The van der Waals surface area contributed by atoms with Crippen LogP contribution in [0.5, 0.6) is 0 Å². The van der Waals surface area contributed by atoms with Gasteiger partial charge in [0, 0.05) is 5.69 Å². The highest BCUT2D eigenvalue weighted by Gasteiger charge is 2.19. The van der Waals surface area contributed by atoms with E-state index in [0.29, 0.717) is 11.3 Å². The van der Waals surface area contributed by atoms with Gasteiger partial charge in [-0.2, -0.15) is 0 Å². The van der Waals surface area contributed by atoms with Gasteiger partial charge in [0.1, 0.15) is 5.82 Å². The first-order valence-corrected chi connectivity index (χ1v) is 6.29. The molecule has 0 aromatic heterocycles. The molecule has 3 nitrogen and oxygen atoms in total. The standard InChI is InChI=1S/C16H16FNO2/c1-10-3-4-12(9-11(10)2)15(16(19)20)18-14-7-5-13(17)6-8-14/h3-9,15,18H,1-2H3,(H,19,20). The molecule has 0 heterocycles. The molecular weight excluding hydrogens is 257 g/mol. The zero-order valence-corrected chi connectivity index (χ0v) is 11.4. The van der Waals surface area contributed by atoms with Crippen molar-refractivity contribution >= 4 is 11.7 Å². The van der Waals surface area contributed by atoms with Crippen LogP contribution >= 0.6 is 0 Å². The molecule has 2 rings (SSSR count). The molecule has 1 unspecified atom stereocenters. The van der Waals surface area contributed by atoms with E-state index in [-0.39, 0.29) is 5.82 Å². The number of nitrogens with one attached hydrogen (secondary N) is 1. The highest BCUT2D eigenvalue weighted by atomic mass is 19.1. The molecule has 0 aliphatic rings. The minimum Gasteiger partial charge on any atom is -0.479 e.